The molecule has 150 valence electrons. The van der Waals surface area contributed by atoms with Gasteiger partial charge < -0.3 is 31.9 Å². The Morgan fingerprint density at radius 2 is 1.46 bits per heavy atom. The van der Waals surface area contributed by atoms with E-state index in [0.717, 1.165) is 0 Å². The summed E-state index contributed by atoms with van der Waals surface area (Å²) in [5.74, 6) is -3.30. The van der Waals surface area contributed by atoms with Crippen molar-refractivity contribution in [3.8, 4) is 0 Å². The summed E-state index contributed by atoms with van der Waals surface area (Å²) >= 11 is 0. The monoisotopic (exact) mass is 374 g/mol. The molecule has 0 aliphatic carbocycles. The van der Waals surface area contributed by atoms with Gasteiger partial charge in [0.2, 0.25) is 17.7 Å². The van der Waals surface area contributed by atoms with Gasteiger partial charge in [-0.1, -0.05) is 27.7 Å². The molecule has 0 bridgehead atoms. The number of carbonyl (C=O) groups is 4. The van der Waals surface area contributed by atoms with E-state index in [0.29, 0.717) is 6.42 Å². The molecule has 0 saturated carbocycles. The number of aliphatic hydroxyl groups is 1. The molecule has 10 heteroatoms. The largest absolute Gasteiger partial charge is 0.480 e. The minimum Gasteiger partial charge on any atom is -0.480 e. The number of hydrogen-bond acceptors (Lipinski definition) is 6. The highest BCUT2D eigenvalue weighted by Gasteiger charge is 2.29. The van der Waals surface area contributed by atoms with Crippen LogP contribution in [-0.2, 0) is 19.2 Å². The maximum Gasteiger partial charge on any atom is 0.322 e. The molecule has 0 aliphatic heterocycles. The Labute approximate surface area is 152 Å². The molecular formula is C16H30N4O6. The lowest BCUT2D eigenvalue weighted by atomic mass is 10.0. The number of nitrogens with two attached hydrogens (primary N) is 1. The van der Waals surface area contributed by atoms with Crippen molar-refractivity contribution in [1.29, 1.82) is 0 Å². The van der Waals surface area contributed by atoms with Gasteiger partial charge in [-0.25, -0.2) is 0 Å². The molecule has 7 N–H and O–H groups in total. The summed E-state index contributed by atoms with van der Waals surface area (Å²) in [4.78, 5) is 46.9. The van der Waals surface area contributed by atoms with E-state index in [9.17, 15) is 24.3 Å². The lowest BCUT2D eigenvalue weighted by Gasteiger charge is -2.25. The summed E-state index contributed by atoms with van der Waals surface area (Å²) in [6, 6.07) is -3.05. The summed E-state index contributed by atoms with van der Waals surface area (Å²) < 4.78 is 0. The number of aliphatic carboxylic acids is 1. The van der Waals surface area contributed by atoms with Crippen molar-refractivity contribution in [2.45, 2.75) is 52.2 Å². The third-order valence-corrected chi connectivity index (χ3v) is 3.59. The van der Waals surface area contributed by atoms with E-state index < -0.39 is 55.0 Å². The van der Waals surface area contributed by atoms with Gasteiger partial charge >= 0.3 is 5.97 Å². The topological polar surface area (TPSA) is 171 Å². The number of amides is 3. The molecule has 10 nitrogen and oxygen atoms in total. The highest BCUT2D eigenvalue weighted by Crippen LogP contribution is 2.07. The highest BCUT2D eigenvalue weighted by atomic mass is 16.4. The Kier molecular flexibility index (Phi) is 10.5. The molecule has 0 rings (SSSR count). The summed E-state index contributed by atoms with van der Waals surface area (Å²) in [6.45, 7) is 5.91. The zero-order chi connectivity index (χ0) is 20.4. The molecule has 0 aromatic carbocycles. The first-order valence-electron chi connectivity index (χ1n) is 8.46. The molecule has 0 heterocycles. The summed E-state index contributed by atoms with van der Waals surface area (Å²) in [6.07, 6.45) is 0.303. The normalized spacial score (nSPS) is 14.5. The van der Waals surface area contributed by atoms with Gasteiger partial charge in [0, 0.05) is 0 Å². The molecule has 0 aromatic rings. The van der Waals surface area contributed by atoms with Gasteiger partial charge in [0.1, 0.15) is 18.6 Å². The lowest BCUT2D eigenvalue weighted by molar-refractivity contribution is -0.139. The highest BCUT2D eigenvalue weighted by molar-refractivity contribution is 5.93. The molecule has 3 atom stereocenters. The number of carboxylic acid groups (broad SMARTS) is 1. The minimum absolute atomic E-state index is 0.0646. The van der Waals surface area contributed by atoms with Crippen molar-refractivity contribution < 1.29 is 29.4 Å². The predicted molar refractivity (Wildman–Crippen MR) is 93.9 cm³/mol. The van der Waals surface area contributed by atoms with E-state index in [-0.39, 0.29) is 11.8 Å². The van der Waals surface area contributed by atoms with Crippen LogP contribution in [0.5, 0.6) is 0 Å². The van der Waals surface area contributed by atoms with Crippen molar-refractivity contribution >= 4 is 23.7 Å². The van der Waals surface area contributed by atoms with Gasteiger partial charge in [0.15, 0.2) is 0 Å². The van der Waals surface area contributed by atoms with E-state index >= 15 is 0 Å². The fraction of sp³-hybridized carbons (Fsp3) is 0.750. The molecule has 0 aromatic heterocycles. The molecule has 0 saturated heterocycles. The van der Waals surface area contributed by atoms with Crippen molar-refractivity contribution in [3.63, 3.8) is 0 Å². The van der Waals surface area contributed by atoms with Crippen LogP contribution in [0.4, 0.5) is 0 Å². The fourth-order valence-corrected chi connectivity index (χ4v) is 2.03. The van der Waals surface area contributed by atoms with Gasteiger partial charge in [-0.15, -0.1) is 0 Å². The average Bonchev–Trinajstić information content (AvgIpc) is 2.55. The standard InChI is InChI=1S/C16H30N4O6/c1-8(2)5-10(19-16(26)13(17)9(3)4)15(25)20-11(7-21)14(24)18-6-12(22)23/h8-11,13,21H,5-7,17H2,1-4H3,(H,18,24)(H,19,26)(H,20,25)(H,22,23). The maximum absolute atomic E-state index is 12.4. The van der Waals surface area contributed by atoms with E-state index in [1.165, 1.54) is 0 Å². The van der Waals surface area contributed by atoms with Crippen LogP contribution < -0.4 is 21.7 Å². The van der Waals surface area contributed by atoms with Gasteiger partial charge in [0.25, 0.3) is 0 Å². The van der Waals surface area contributed by atoms with Gasteiger partial charge in [-0.2, -0.15) is 0 Å². The first-order chi connectivity index (χ1) is 12.0. The Morgan fingerprint density at radius 1 is 0.923 bits per heavy atom. The zero-order valence-corrected chi connectivity index (χ0v) is 15.6. The van der Waals surface area contributed by atoms with Crippen molar-refractivity contribution in [2.24, 2.45) is 17.6 Å². The third-order valence-electron chi connectivity index (χ3n) is 3.59. The van der Waals surface area contributed by atoms with Gasteiger partial charge in [-0.05, 0) is 18.3 Å². The van der Waals surface area contributed by atoms with E-state index in [1.54, 1.807) is 13.8 Å². The number of rotatable bonds is 11. The second kappa shape index (κ2) is 11.4. The van der Waals surface area contributed by atoms with Crippen LogP contribution in [0.2, 0.25) is 0 Å². The van der Waals surface area contributed by atoms with Crippen LogP contribution in [0.1, 0.15) is 34.1 Å². The Hall–Kier alpha value is -2.20. The second-order valence-electron chi connectivity index (χ2n) is 6.82. The van der Waals surface area contributed by atoms with E-state index in [4.69, 9.17) is 10.8 Å². The molecule has 0 fully saturated rings. The molecule has 3 unspecified atom stereocenters. The number of carboxylic acids is 1. The van der Waals surface area contributed by atoms with Crippen molar-refractivity contribution in [1.82, 2.24) is 16.0 Å². The summed E-state index contributed by atoms with van der Waals surface area (Å²) in [5.41, 5.74) is 5.78. The van der Waals surface area contributed by atoms with Crippen LogP contribution in [0.15, 0.2) is 0 Å². The molecule has 0 radical (unpaired) electrons. The third kappa shape index (κ3) is 8.77. The minimum atomic E-state index is -1.33. The lowest BCUT2D eigenvalue weighted by Crippen LogP contribution is -2.57. The van der Waals surface area contributed by atoms with Gasteiger partial charge in [0.05, 0.1) is 12.6 Å². The first-order valence-corrected chi connectivity index (χ1v) is 8.46. The first kappa shape index (κ1) is 23.8. The van der Waals surface area contributed by atoms with E-state index in [2.05, 4.69) is 16.0 Å². The SMILES string of the molecule is CC(C)CC(NC(=O)C(N)C(C)C)C(=O)NC(CO)C(=O)NCC(=O)O. The van der Waals surface area contributed by atoms with Crippen LogP contribution in [0.3, 0.4) is 0 Å². The van der Waals surface area contributed by atoms with Crippen LogP contribution in [0.25, 0.3) is 0 Å². The van der Waals surface area contributed by atoms with Crippen LogP contribution >= 0.6 is 0 Å². The zero-order valence-electron chi connectivity index (χ0n) is 15.6. The maximum atomic E-state index is 12.4. The van der Waals surface area contributed by atoms with Gasteiger partial charge in [-0.3, -0.25) is 19.2 Å². The number of aliphatic hydroxyl groups excluding tert-OH is 1. The van der Waals surface area contributed by atoms with Crippen molar-refractivity contribution in [3.05, 3.63) is 0 Å². The number of hydrogen-bond donors (Lipinski definition) is 6. The fourth-order valence-electron chi connectivity index (χ4n) is 2.03. The molecule has 3 amide bonds. The Bertz CT molecular complexity index is 509. The van der Waals surface area contributed by atoms with Crippen molar-refractivity contribution in [2.75, 3.05) is 13.2 Å². The van der Waals surface area contributed by atoms with Crippen LogP contribution in [0, 0.1) is 11.8 Å². The quantitative estimate of drug-likeness (QED) is 0.247. The molecule has 0 aliphatic rings. The smallest absolute Gasteiger partial charge is 0.322 e. The Morgan fingerprint density at radius 3 is 1.88 bits per heavy atom. The Balaban J connectivity index is 5.02. The predicted octanol–water partition coefficient (Wildman–Crippen LogP) is -1.82. The van der Waals surface area contributed by atoms with E-state index in [1.807, 2.05) is 13.8 Å². The second-order valence-corrected chi connectivity index (χ2v) is 6.82. The average molecular weight is 374 g/mol. The molecule has 26 heavy (non-hydrogen) atoms. The molecule has 0 spiro atoms. The molecular weight excluding hydrogens is 344 g/mol. The summed E-state index contributed by atoms with van der Waals surface area (Å²) in [7, 11) is 0. The number of carbonyl (C=O) groups excluding carboxylic acids is 3. The number of nitrogens with one attached hydrogen (secondary N) is 3. The van der Waals surface area contributed by atoms with Crippen LogP contribution in [-0.4, -0.2) is 65.2 Å². The summed E-state index contributed by atoms with van der Waals surface area (Å²) in [5, 5.41) is 24.8.